The second kappa shape index (κ2) is 4.81. The summed E-state index contributed by atoms with van der Waals surface area (Å²) in [6, 6.07) is 3.71. The average Bonchev–Trinajstić information content (AvgIpc) is 3.05. The van der Waals surface area contributed by atoms with Crippen molar-refractivity contribution >= 4 is 22.8 Å². The summed E-state index contributed by atoms with van der Waals surface area (Å²) in [5.41, 5.74) is 0.154. The number of carboxylic acid groups (broad SMARTS) is 1. The lowest BCUT2D eigenvalue weighted by Crippen LogP contribution is -2.34. The lowest BCUT2D eigenvalue weighted by Gasteiger charge is -2.24. The Labute approximate surface area is 117 Å². The molecule has 1 N–H and O–H groups in total. The molecule has 0 radical (unpaired) electrons. The van der Waals surface area contributed by atoms with Crippen LogP contribution in [0.4, 0.5) is 5.82 Å². The number of aliphatic carboxylic acids is 1. The van der Waals surface area contributed by atoms with Crippen molar-refractivity contribution in [3.63, 3.8) is 0 Å². The van der Waals surface area contributed by atoms with Gasteiger partial charge in [0.1, 0.15) is 11.4 Å². The molecule has 1 saturated heterocycles. The lowest BCUT2D eigenvalue weighted by molar-refractivity contribution is -0.148. The minimum absolute atomic E-state index is 0.521. The monoisotopic (exact) mass is 274 g/mol. The summed E-state index contributed by atoms with van der Waals surface area (Å²) in [4.78, 5) is 18.1. The summed E-state index contributed by atoms with van der Waals surface area (Å²) in [7, 11) is 0. The molecule has 3 heterocycles. The van der Waals surface area contributed by atoms with Crippen molar-refractivity contribution in [3.05, 3.63) is 24.6 Å². The molecule has 1 aliphatic heterocycles. The number of furan rings is 1. The molecule has 5 heteroatoms. The molecule has 0 aliphatic carbocycles. The van der Waals surface area contributed by atoms with Crippen LogP contribution in [0.5, 0.6) is 0 Å². The van der Waals surface area contributed by atoms with E-state index < -0.39 is 11.4 Å². The molecular formula is C15H18N2O3. The lowest BCUT2D eigenvalue weighted by atomic mass is 9.83. The van der Waals surface area contributed by atoms with Gasteiger partial charge in [0.2, 0.25) is 0 Å². The number of hydrogen-bond donors (Lipinski definition) is 1. The van der Waals surface area contributed by atoms with Crippen LogP contribution >= 0.6 is 0 Å². The molecule has 1 fully saturated rings. The molecule has 2 aromatic rings. The van der Waals surface area contributed by atoms with Crippen LogP contribution in [0.15, 0.2) is 29.0 Å². The van der Waals surface area contributed by atoms with Crippen molar-refractivity contribution in [1.82, 2.24) is 4.98 Å². The van der Waals surface area contributed by atoms with Crippen molar-refractivity contribution < 1.29 is 14.3 Å². The van der Waals surface area contributed by atoms with E-state index in [1.165, 1.54) is 0 Å². The van der Waals surface area contributed by atoms with Gasteiger partial charge in [-0.05, 0) is 25.0 Å². The van der Waals surface area contributed by atoms with E-state index in [-0.39, 0.29) is 0 Å². The first-order valence-corrected chi connectivity index (χ1v) is 6.97. The van der Waals surface area contributed by atoms with E-state index in [2.05, 4.69) is 9.88 Å². The van der Waals surface area contributed by atoms with Crippen LogP contribution in [0.2, 0.25) is 0 Å². The maximum Gasteiger partial charge on any atom is 0.311 e. The van der Waals surface area contributed by atoms with Crippen molar-refractivity contribution in [2.24, 2.45) is 5.41 Å². The van der Waals surface area contributed by atoms with Gasteiger partial charge in [-0.2, -0.15) is 0 Å². The predicted molar refractivity (Wildman–Crippen MR) is 75.8 cm³/mol. The van der Waals surface area contributed by atoms with Crippen molar-refractivity contribution in [1.29, 1.82) is 0 Å². The second-order valence-corrected chi connectivity index (χ2v) is 5.47. The van der Waals surface area contributed by atoms with Crippen LogP contribution in [-0.2, 0) is 4.79 Å². The first kappa shape index (κ1) is 13.0. The van der Waals surface area contributed by atoms with Crippen LogP contribution in [0.1, 0.15) is 26.2 Å². The number of nitrogens with zero attached hydrogens (tertiary/aromatic N) is 2. The van der Waals surface area contributed by atoms with Crippen molar-refractivity contribution in [3.8, 4) is 0 Å². The first-order chi connectivity index (χ1) is 9.66. The molecule has 0 spiro atoms. The molecular weight excluding hydrogens is 256 g/mol. The normalized spacial score (nSPS) is 22.6. The predicted octanol–water partition coefficient (Wildman–Crippen LogP) is 2.91. The van der Waals surface area contributed by atoms with Gasteiger partial charge in [0.25, 0.3) is 0 Å². The Bertz CT molecular complexity index is 637. The van der Waals surface area contributed by atoms with Crippen LogP contribution in [0.25, 0.3) is 11.0 Å². The third-order valence-corrected chi connectivity index (χ3v) is 4.19. The van der Waals surface area contributed by atoms with Crippen molar-refractivity contribution in [2.75, 3.05) is 18.0 Å². The van der Waals surface area contributed by atoms with E-state index in [4.69, 9.17) is 4.42 Å². The minimum Gasteiger partial charge on any atom is -0.481 e. The molecule has 1 atom stereocenters. The van der Waals surface area contributed by atoms with Gasteiger partial charge < -0.3 is 14.4 Å². The van der Waals surface area contributed by atoms with E-state index in [9.17, 15) is 9.90 Å². The summed E-state index contributed by atoms with van der Waals surface area (Å²) in [5, 5.41) is 10.5. The highest BCUT2D eigenvalue weighted by Crippen LogP contribution is 2.39. The van der Waals surface area contributed by atoms with Gasteiger partial charge in [-0.1, -0.05) is 13.3 Å². The Morgan fingerprint density at radius 1 is 1.55 bits per heavy atom. The summed E-state index contributed by atoms with van der Waals surface area (Å²) < 4.78 is 5.38. The van der Waals surface area contributed by atoms with E-state index in [1.54, 1.807) is 12.5 Å². The third-order valence-electron chi connectivity index (χ3n) is 4.19. The number of carboxylic acids is 1. The molecule has 0 aromatic carbocycles. The highest BCUT2D eigenvalue weighted by Gasteiger charge is 2.44. The molecule has 0 amide bonds. The molecule has 106 valence electrons. The SMILES string of the molecule is CCCC1(C(=O)O)CCN(c2nccc3occc23)C1. The fourth-order valence-corrected chi connectivity index (χ4v) is 3.15. The Balaban J connectivity index is 1.93. The highest BCUT2D eigenvalue weighted by molar-refractivity contribution is 5.89. The maximum absolute atomic E-state index is 11.6. The molecule has 5 nitrogen and oxygen atoms in total. The Morgan fingerprint density at radius 3 is 3.15 bits per heavy atom. The summed E-state index contributed by atoms with van der Waals surface area (Å²) in [6.07, 6.45) is 5.61. The average molecular weight is 274 g/mol. The largest absolute Gasteiger partial charge is 0.481 e. The summed E-state index contributed by atoms with van der Waals surface area (Å²) >= 11 is 0. The summed E-state index contributed by atoms with van der Waals surface area (Å²) in [6.45, 7) is 3.28. The van der Waals surface area contributed by atoms with E-state index in [1.807, 2.05) is 19.1 Å². The van der Waals surface area contributed by atoms with Gasteiger partial charge in [-0.15, -0.1) is 0 Å². The first-order valence-electron chi connectivity index (χ1n) is 6.97. The molecule has 1 unspecified atom stereocenters. The van der Waals surface area contributed by atoms with Gasteiger partial charge in [0.05, 0.1) is 17.1 Å². The zero-order valence-corrected chi connectivity index (χ0v) is 11.5. The zero-order valence-electron chi connectivity index (χ0n) is 11.5. The zero-order chi connectivity index (χ0) is 14.2. The molecule has 0 bridgehead atoms. The van der Waals surface area contributed by atoms with E-state index in [0.29, 0.717) is 19.4 Å². The fourth-order valence-electron chi connectivity index (χ4n) is 3.15. The quantitative estimate of drug-likeness (QED) is 0.928. The van der Waals surface area contributed by atoms with Crippen molar-refractivity contribution in [2.45, 2.75) is 26.2 Å². The number of pyridine rings is 1. The topological polar surface area (TPSA) is 66.6 Å². The number of fused-ring (bicyclic) bond motifs is 1. The van der Waals surface area contributed by atoms with Gasteiger partial charge >= 0.3 is 5.97 Å². The number of aromatic nitrogens is 1. The maximum atomic E-state index is 11.6. The van der Waals surface area contributed by atoms with Crippen LogP contribution in [0, 0.1) is 5.41 Å². The van der Waals surface area contributed by atoms with Gasteiger partial charge in [0, 0.05) is 19.3 Å². The fraction of sp³-hybridized carbons (Fsp3) is 0.467. The number of carbonyl (C=O) groups is 1. The van der Waals surface area contributed by atoms with Crippen LogP contribution in [-0.4, -0.2) is 29.1 Å². The minimum atomic E-state index is -0.693. The molecule has 3 rings (SSSR count). The van der Waals surface area contributed by atoms with E-state index >= 15 is 0 Å². The molecule has 20 heavy (non-hydrogen) atoms. The van der Waals surface area contributed by atoms with Crippen LogP contribution in [0.3, 0.4) is 0 Å². The van der Waals surface area contributed by atoms with Gasteiger partial charge in [-0.25, -0.2) is 4.98 Å². The highest BCUT2D eigenvalue weighted by atomic mass is 16.4. The Kier molecular flexibility index (Phi) is 3.12. The molecule has 1 aliphatic rings. The standard InChI is InChI=1S/C15H18N2O3/c1-2-5-15(14(18)19)6-8-17(10-15)13-11-4-9-20-12(11)3-7-16-13/h3-4,7,9H,2,5-6,8,10H2,1H3,(H,18,19). The Morgan fingerprint density at radius 2 is 2.40 bits per heavy atom. The molecule has 2 aromatic heterocycles. The third kappa shape index (κ3) is 1.94. The Hall–Kier alpha value is -2.04. The smallest absolute Gasteiger partial charge is 0.311 e. The van der Waals surface area contributed by atoms with E-state index in [0.717, 1.165) is 29.8 Å². The summed E-state index contributed by atoms with van der Waals surface area (Å²) in [5.74, 6) is 0.136. The molecule has 0 saturated carbocycles. The van der Waals surface area contributed by atoms with Gasteiger partial charge in [-0.3, -0.25) is 4.79 Å². The number of rotatable bonds is 4. The number of anilines is 1. The second-order valence-electron chi connectivity index (χ2n) is 5.47. The van der Waals surface area contributed by atoms with Crippen LogP contribution < -0.4 is 4.90 Å². The van der Waals surface area contributed by atoms with Gasteiger partial charge in [0.15, 0.2) is 0 Å². The number of hydrogen-bond acceptors (Lipinski definition) is 4.